The second kappa shape index (κ2) is 6.67. The van der Waals surface area contributed by atoms with E-state index in [-0.39, 0.29) is 11.8 Å². The standard InChI is InChI=1S/C19H25N3O3/c1-12-9-16(12)17-4-3-15(24-17)11-22-7-5-14(6-8-22)19(23)20-18-10-13(2)25-21-18/h3-4,10,12,14,16H,5-9,11H2,1-2H3,(H,20,21,23)/t12-,16+/m0/s1. The molecule has 6 nitrogen and oxygen atoms in total. The van der Waals surface area contributed by atoms with E-state index in [0.29, 0.717) is 17.5 Å². The fourth-order valence-corrected chi connectivity index (χ4v) is 3.62. The number of nitrogens with zero attached hydrogens (tertiary/aromatic N) is 2. The number of aryl methyl sites for hydroxylation is 1. The summed E-state index contributed by atoms with van der Waals surface area (Å²) >= 11 is 0. The molecular formula is C19H25N3O3. The lowest BCUT2D eigenvalue weighted by atomic mass is 9.96. The van der Waals surface area contributed by atoms with Gasteiger partial charge in [0.1, 0.15) is 17.3 Å². The number of carbonyl (C=O) groups excluding carboxylic acids is 1. The smallest absolute Gasteiger partial charge is 0.228 e. The number of likely N-dealkylation sites (tertiary alicyclic amines) is 1. The molecule has 4 rings (SSSR count). The predicted octanol–water partition coefficient (Wildman–Crippen LogP) is 3.55. The highest BCUT2D eigenvalue weighted by Gasteiger charge is 2.36. The molecule has 1 aliphatic heterocycles. The van der Waals surface area contributed by atoms with E-state index in [2.05, 4.69) is 34.4 Å². The normalized spacial score (nSPS) is 24.4. The largest absolute Gasteiger partial charge is 0.464 e. The van der Waals surface area contributed by atoms with E-state index in [4.69, 9.17) is 8.94 Å². The van der Waals surface area contributed by atoms with E-state index < -0.39 is 0 Å². The van der Waals surface area contributed by atoms with Crippen molar-refractivity contribution in [1.29, 1.82) is 0 Å². The quantitative estimate of drug-likeness (QED) is 0.899. The summed E-state index contributed by atoms with van der Waals surface area (Å²) in [5.41, 5.74) is 0. The SMILES string of the molecule is Cc1cc(NC(=O)C2CCN(Cc3ccc([C@@H]4C[C@@H]4C)o3)CC2)no1. The van der Waals surface area contributed by atoms with Crippen LogP contribution in [-0.4, -0.2) is 29.1 Å². The third kappa shape index (κ3) is 3.79. The Morgan fingerprint density at radius 3 is 2.76 bits per heavy atom. The van der Waals surface area contributed by atoms with E-state index in [1.54, 1.807) is 6.07 Å². The number of amides is 1. The van der Waals surface area contributed by atoms with Gasteiger partial charge >= 0.3 is 0 Å². The Bertz CT molecular complexity index is 743. The number of carbonyl (C=O) groups is 1. The molecule has 2 aliphatic rings. The van der Waals surface area contributed by atoms with E-state index in [0.717, 1.165) is 49.9 Å². The summed E-state index contributed by atoms with van der Waals surface area (Å²) in [6.07, 6.45) is 2.96. The lowest BCUT2D eigenvalue weighted by Gasteiger charge is -2.30. The molecule has 0 bridgehead atoms. The summed E-state index contributed by atoms with van der Waals surface area (Å²) in [5, 5.41) is 6.66. The molecule has 2 aromatic rings. The average molecular weight is 343 g/mol. The Kier molecular flexibility index (Phi) is 4.37. The molecule has 1 saturated carbocycles. The second-order valence-electron chi connectivity index (χ2n) is 7.49. The van der Waals surface area contributed by atoms with Crippen LogP contribution in [-0.2, 0) is 11.3 Å². The van der Waals surface area contributed by atoms with E-state index in [1.165, 1.54) is 6.42 Å². The van der Waals surface area contributed by atoms with Crippen LogP contribution in [0.25, 0.3) is 0 Å². The molecule has 1 aliphatic carbocycles. The van der Waals surface area contributed by atoms with Crippen LogP contribution < -0.4 is 5.32 Å². The first-order valence-electron chi connectivity index (χ1n) is 9.13. The molecule has 1 N–H and O–H groups in total. The first-order chi connectivity index (χ1) is 12.1. The number of anilines is 1. The maximum absolute atomic E-state index is 12.3. The molecule has 6 heteroatoms. The second-order valence-corrected chi connectivity index (χ2v) is 7.49. The summed E-state index contributed by atoms with van der Waals surface area (Å²) in [5.74, 6) is 4.84. The highest BCUT2D eigenvalue weighted by Crippen LogP contribution is 2.47. The molecule has 0 aromatic carbocycles. The van der Waals surface area contributed by atoms with Gasteiger partial charge in [0.2, 0.25) is 5.91 Å². The molecule has 3 heterocycles. The van der Waals surface area contributed by atoms with Gasteiger partial charge < -0.3 is 14.3 Å². The Hall–Kier alpha value is -2.08. The minimum Gasteiger partial charge on any atom is -0.464 e. The highest BCUT2D eigenvalue weighted by molar-refractivity contribution is 5.91. The maximum Gasteiger partial charge on any atom is 0.228 e. The summed E-state index contributed by atoms with van der Waals surface area (Å²) < 4.78 is 11.0. The first-order valence-corrected chi connectivity index (χ1v) is 9.13. The molecular weight excluding hydrogens is 318 g/mol. The monoisotopic (exact) mass is 343 g/mol. The summed E-state index contributed by atoms with van der Waals surface area (Å²) in [6.45, 7) is 6.73. The van der Waals surface area contributed by atoms with Crippen LogP contribution in [0.3, 0.4) is 0 Å². The number of rotatable bonds is 5. The molecule has 2 aromatic heterocycles. The number of hydrogen-bond acceptors (Lipinski definition) is 5. The van der Waals surface area contributed by atoms with Gasteiger partial charge in [0.25, 0.3) is 0 Å². The Labute approximate surface area is 147 Å². The number of nitrogens with one attached hydrogen (secondary N) is 1. The molecule has 0 unspecified atom stereocenters. The maximum atomic E-state index is 12.3. The third-order valence-electron chi connectivity index (χ3n) is 5.37. The molecule has 25 heavy (non-hydrogen) atoms. The highest BCUT2D eigenvalue weighted by atomic mass is 16.5. The molecule has 1 amide bonds. The van der Waals surface area contributed by atoms with Gasteiger partial charge in [-0.1, -0.05) is 12.1 Å². The minimum absolute atomic E-state index is 0.0349. The number of piperidine rings is 1. The van der Waals surface area contributed by atoms with Crippen LogP contribution in [0.4, 0.5) is 5.82 Å². The van der Waals surface area contributed by atoms with Gasteiger partial charge in [-0.3, -0.25) is 9.69 Å². The van der Waals surface area contributed by atoms with E-state index in [1.807, 2.05) is 6.92 Å². The predicted molar refractivity (Wildman–Crippen MR) is 93.1 cm³/mol. The van der Waals surface area contributed by atoms with Crippen LogP contribution >= 0.6 is 0 Å². The molecule has 1 saturated heterocycles. The number of furan rings is 1. The van der Waals surface area contributed by atoms with Crippen molar-refractivity contribution < 1.29 is 13.7 Å². The summed E-state index contributed by atoms with van der Waals surface area (Å²) in [4.78, 5) is 14.7. The van der Waals surface area contributed by atoms with Crippen molar-refractivity contribution in [3.05, 3.63) is 35.5 Å². The minimum atomic E-state index is 0.0349. The van der Waals surface area contributed by atoms with Crippen molar-refractivity contribution in [2.75, 3.05) is 18.4 Å². The lowest BCUT2D eigenvalue weighted by molar-refractivity contribution is -0.121. The fraction of sp³-hybridized carbons (Fsp3) is 0.579. The molecule has 2 fully saturated rings. The Morgan fingerprint density at radius 2 is 2.12 bits per heavy atom. The third-order valence-corrected chi connectivity index (χ3v) is 5.37. The van der Waals surface area contributed by atoms with Gasteiger partial charge in [-0.15, -0.1) is 0 Å². The Balaban J connectivity index is 1.25. The van der Waals surface area contributed by atoms with Gasteiger partial charge in [-0.2, -0.15) is 0 Å². The van der Waals surface area contributed by atoms with Gasteiger partial charge in [0.05, 0.1) is 6.54 Å². The van der Waals surface area contributed by atoms with E-state index in [9.17, 15) is 4.79 Å². The van der Waals surface area contributed by atoms with Crippen LogP contribution in [0.5, 0.6) is 0 Å². The van der Waals surface area contributed by atoms with E-state index >= 15 is 0 Å². The summed E-state index contributed by atoms with van der Waals surface area (Å²) in [6, 6.07) is 5.97. The van der Waals surface area contributed by atoms with Crippen molar-refractivity contribution in [3.8, 4) is 0 Å². The van der Waals surface area contributed by atoms with Gasteiger partial charge in [-0.05, 0) is 57.3 Å². The van der Waals surface area contributed by atoms with Crippen molar-refractivity contribution in [1.82, 2.24) is 10.1 Å². The zero-order valence-electron chi connectivity index (χ0n) is 14.8. The molecule has 134 valence electrons. The van der Waals surface area contributed by atoms with Crippen LogP contribution in [0.15, 0.2) is 27.1 Å². The molecule has 0 spiro atoms. The summed E-state index contributed by atoms with van der Waals surface area (Å²) in [7, 11) is 0. The Morgan fingerprint density at radius 1 is 1.36 bits per heavy atom. The van der Waals surface area contributed by atoms with Crippen molar-refractivity contribution in [3.63, 3.8) is 0 Å². The van der Waals surface area contributed by atoms with Crippen molar-refractivity contribution in [2.24, 2.45) is 11.8 Å². The van der Waals surface area contributed by atoms with Gasteiger partial charge in [0.15, 0.2) is 5.82 Å². The van der Waals surface area contributed by atoms with Crippen LogP contribution in [0.1, 0.15) is 49.4 Å². The average Bonchev–Trinajstić information content (AvgIpc) is 2.96. The fourth-order valence-electron chi connectivity index (χ4n) is 3.62. The van der Waals surface area contributed by atoms with Crippen molar-refractivity contribution >= 4 is 11.7 Å². The molecule has 0 radical (unpaired) electrons. The molecule has 2 atom stereocenters. The van der Waals surface area contributed by atoms with Crippen LogP contribution in [0.2, 0.25) is 0 Å². The first kappa shape index (κ1) is 16.4. The topological polar surface area (TPSA) is 71.5 Å². The zero-order chi connectivity index (χ0) is 17.4. The lowest BCUT2D eigenvalue weighted by Crippen LogP contribution is -2.37. The van der Waals surface area contributed by atoms with Gasteiger partial charge in [0, 0.05) is 17.9 Å². The zero-order valence-corrected chi connectivity index (χ0v) is 14.8. The van der Waals surface area contributed by atoms with Gasteiger partial charge in [-0.25, -0.2) is 0 Å². The van der Waals surface area contributed by atoms with Crippen molar-refractivity contribution in [2.45, 2.75) is 45.6 Å². The number of aromatic nitrogens is 1. The van der Waals surface area contributed by atoms with Crippen LogP contribution in [0, 0.1) is 18.8 Å². The number of hydrogen-bond donors (Lipinski definition) is 1.